The Hall–Kier alpha value is -1.53. The number of benzene rings is 1. The Bertz CT molecular complexity index is 402. The smallest absolute Gasteiger partial charge is 0.0992 e. The van der Waals surface area contributed by atoms with Crippen LogP contribution in [0.4, 0.5) is 5.69 Å². The van der Waals surface area contributed by atoms with Crippen LogP contribution in [0.15, 0.2) is 24.3 Å². The maximum atomic E-state index is 8.86. The van der Waals surface area contributed by atoms with Gasteiger partial charge in [-0.1, -0.05) is 18.9 Å². The number of anilines is 1. The topological polar surface area (TPSA) is 61.8 Å². The van der Waals surface area contributed by atoms with Crippen LogP contribution in [0.2, 0.25) is 0 Å². The average Bonchev–Trinajstić information content (AvgIpc) is 2.90. The molecule has 1 fully saturated rings. The fourth-order valence-electron chi connectivity index (χ4n) is 2.62. The lowest BCUT2D eigenvalue weighted by molar-refractivity contribution is 0.462. The summed E-state index contributed by atoms with van der Waals surface area (Å²) in [7, 11) is 0. The van der Waals surface area contributed by atoms with Crippen molar-refractivity contribution >= 4 is 5.69 Å². The van der Waals surface area contributed by atoms with Gasteiger partial charge in [-0.05, 0) is 37.0 Å². The van der Waals surface area contributed by atoms with Gasteiger partial charge in [-0.25, -0.2) is 0 Å². The molecule has 1 aromatic rings. The SMILES string of the molecule is N#Cc1cccc(NC(CN)C2CCCC2)c1. The van der Waals surface area contributed by atoms with E-state index in [-0.39, 0.29) is 0 Å². The Kier molecular flexibility index (Phi) is 4.00. The number of nitriles is 1. The van der Waals surface area contributed by atoms with Gasteiger partial charge in [0.25, 0.3) is 0 Å². The number of nitrogens with one attached hydrogen (secondary N) is 1. The number of nitrogens with two attached hydrogens (primary N) is 1. The molecule has 17 heavy (non-hydrogen) atoms. The van der Waals surface area contributed by atoms with Crippen LogP contribution in [0.25, 0.3) is 0 Å². The molecule has 0 saturated heterocycles. The van der Waals surface area contributed by atoms with E-state index in [0.717, 1.165) is 5.69 Å². The van der Waals surface area contributed by atoms with Crippen LogP contribution in [0.5, 0.6) is 0 Å². The largest absolute Gasteiger partial charge is 0.381 e. The molecule has 1 saturated carbocycles. The van der Waals surface area contributed by atoms with Gasteiger partial charge in [0.05, 0.1) is 11.6 Å². The maximum Gasteiger partial charge on any atom is 0.0992 e. The van der Waals surface area contributed by atoms with Crippen molar-refractivity contribution in [2.45, 2.75) is 31.7 Å². The predicted molar refractivity (Wildman–Crippen MR) is 69.6 cm³/mol. The summed E-state index contributed by atoms with van der Waals surface area (Å²) < 4.78 is 0. The van der Waals surface area contributed by atoms with Gasteiger partial charge in [-0.15, -0.1) is 0 Å². The summed E-state index contributed by atoms with van der Waals surface area (Å²) >= 11 is 0. The van der Waals surface area contributed by atoms with E-state index in [1.165, 1.54) is 25.7 Å². The molecule has 1 aliphatic carbocycles. The molecular weight excluding hydrogens is 210 g/mol. The molecule has 3 nitrogen and oxygen atoms in total. The van der Waals surface area contributed by atoms with Crippen LogP contribution in [0, 0.1) is 17.2 Å². The molecule has 0 radical (unpaired) electrons. The zero-order valence-electron chi connectivity index (χ0n) is 10.0. The molecule has 1 unspecified atom stereocenters. The summed E-state index contributed by atoms with van der Waals surface area (Å²) in [6.07, 6.45) is 5.18. The molecular formula is C14H19N3. The van der Waals surface area contributed by atoms with E-state index < -0.39 is 0 Å². The highest BCUT2D eigenvalue weighted by atomic mass is 14.9. The van der Waals surface area contributed by atoms with Crippen LogP contribution < -0.4 is 11.1 Å². The molecule has 0 bridgehead atoms. The highest BCUT2D eigenvalue weighted by Crippen LogP contribution is 2.29. The van der Waals surface area contributed by atoms with Crippen molar-refractivity contribution in [3.8, 4) is 6.07 Å². The van der Waals surface area contributed by atoms with Crippen molar-refractivity contribution in [3.63, 3.8) is 0 Å². The summed E-state index contributed by atoms with van der Waals surface area (Å²) in [5.74, 6) is 0.686. The third-order valence-electron chi connectivity index (χ3n) is 3.57. The molecule has 1 aromatic carbocycles. The third-order valence-corrected chi connectivity index (χ3v) is 3.57. The summed E-state index contributed by atoms with van der Waals surface area (Å²) in [4.78, 5) is 0. The molecule has 2 rings (SSSR count). The summed E-state index contributed by atoms with van der Waals surface area (Å²) in [6, 6.07) is 10.1. The van der Waals surface area contributed by atoms with Crippen molar-refractivity contribution in [1.29, 1.82) is 5.26 Å². The van der Waals surface area contributed by atoms with Crippen molar-refractivity contribution in [2.24, 2.45) is 11.7 Å². The van der Waals surface area contributed by atoms with E-state index >= 15 is 0 Å². The molecule has 0 aromatic heterocycles. The highest BCUT2D eigenvalue weighted by molar-refractivity contribution is 5.49. The number of hydrogen-bond acceptors (Lipinski definition) is 3. The molecule has 90 valence electrons. The lowest BCUT2D eigenvalue weighted by Gasteiger charge is -2.24. The van der Waals surface area contributed by atoms with E-state index in [9.17, 15) is 0 Å². The van der Waals surface area contributed by atoms with Crippen molar-refractivity contribution in [1.82, 2.24) is 0 Å². The number of hydrogen-bond donors (Lipinski definition) is 2. The minimum atomic E-state index is 0.339. The second-order valence-corrected chi connectivity index (χ2v) is 4.72. The van der Waals surface area contributed by atoms with Gasteiger partial charge >= 0.3 is 0 Å². The van der Waals surface area contributed by atoms with Gasteiger partial charge in [-0.2, -0.15) is 5.26 Å². The first-order valence-electron chi connectivity index (χ1n) is 6.30. The lowest BCUT2D eigenvalue weighted by Crippen LogP contribution is -2.35. The first-order chi connectivity index (χ1) is 8.33. The van der Waals surface area contributed by atoms with Crippen molar-refractivity contribution < 1.29 is 0 Å². The Balaban J connectivity index is 2.04. The van der Waals surface area contributed by atoms with Crippen LogP contribution in [0.1, 0.15) is 31.2 Å². The van der Waals surface area contributed by atoms with Crippen molar-refractivity contribution in [3.05, 3.63) is 29.8 Å². The first kappa shape index (κ1) is 11.9. The summed E-state index contributed by atoms with van der Waals surface area (Å²) in [5.41, 5.74) is 7.54. The summed E-state index contributed by atoms with van der Waals surface area (Å²) in [5, 5.41) is 12.3. The maximum absolute atomic E-state index is 8.86. The fraction of sp³-hybridized carbons (Fsp3) is 0.500. The van der Waals surface area contributed by atoms with E-state index in [2.05, 4.69) is 11.4 Å². The second kappa shape index (κ2) is 5.70. The van der Waals surface area contributed by atoms with Crippen LogP contribution in [-0.4, -0.2) is 12.6 Å². The molecule has 1 aliphatic rings. The fourth-order valence-corrected chi connectivity index (χ4v) is 2.62. The first-order valence-corrected chi connectivity index (χ1v) is 6.30. The van der Waals surface area contributed by atoms with Crippen molar-refractivity contribution in [2.75, 3.05) is 11.9 Å². The molecule has 3 N–H and O–H groups in total. The van der Waals surface area contributed by atoms with E-state index in [0.29, 0.717) is 24.1 Å². The van der Waals surface area contributed by atoms with Gasteiger partial charge in [0.1, 0.15) is 0 Å². The Labute approximate surface area is 103 Å². The Morgan fingerprint density at radius 1 is 1.41 bits per heavy atom. The van der Waals surface area contributed by atoms with E-state index in [4.69, 9.17) is 11.0 Å². The Morgan fingerprint density at radius 2 is 2.18 bits per heavy atom. The molecule has 3 heteroatoms. The number of nitrogens with zero attached hydrogens (tertiary/aromatic N) is 1. The monoisotopic (exact) mass is 229 g/mol. The predicted octanol–water partition coefficient (Wildman–Crippen LogP) is 2.49. The Morgan fingerprint density at radius 3 is 2.82 bits per heavy atom. The minimum absolute atomic E-state index is 0.339. The van der Waals surface area contributed by atoms with E-state index in [1.807, 2.05) is 24.3 Å². The quantitative estimate of drug-likeness (QED) is 0.833. The average molecular weight is 229 g/mol. The molecule has 0 spiro atoms. The molecule has 0 heterocycles. The normalized spacial score (nSPS) is 17.6. The van der Waals surface area contributed by atoms with Gasteiger partial charge < -0.3 is 11.1 Å². The molecule has 1 atom stereocenters. The highest BCUT2D eigenvalue weighted by Gasteiger charge is 2.23. The van der Waals surface area contributed by atoms with Gasteiger partial charge in [0, 0.05) is 18.3 Å². The number of rotatable bonds is 4. The zero-order valence-corrected chi connectivity index (χ0v) is 10.0. The lowest BCUT2D eigenvalue weighted by atomic mass is 9.98. The van der Waals surface area contributed by atoms with Crippen LogP contribution in [0.3, 0.4) is 0 Å². The van der Waals surface area contributed by atoms with Crippen LogP contribution >= 0.6 is 0 Å². The van der Waals surface area contributed by atoms with Gasteiger partial charge in [0.2, 0.25) is 0 Å². The minimum Gasteiger partial charge on any atom is -0.381 e. The second-order valence-electron chi connectivity index (χ2n) is 4.72. The molecule has 0 amide bonds. The van der Waals surface area contributed by atoms with Gasteiger partial charge in [0.15, 0.2) is 0 Å². The van der Waals surface area contributed by atoms with E-state index in [1.54, 1.807) is 0 Å². The third kappa shape index (κ3) is 2.98. The van der Waals surface area contributed by atoms with Crippen LogP contribution in [-0.2, 0) is 0 Å². The summed E-state index contributed by atoms with van der Waals surface area (Å²) in [6.45, 7) is 0.654. The van der Waals surface area contributed by atoms with Gasteiger partial charge in [-0.3, -0.25) is 0 Å². The zero-order chi connectivity index (χ0) is 12.1. The standard InChI is InChI=1S/C14H19N3/c15-9-11-4-3-7-13(8-11)17-14(10-16)12-5-1-2-6-12/h3-4,7-8,12,14,17H,1-2,5-6,10,16H2. The molecule has 0 aliphatic heterocycles.